The van der Waals surface area contributed by atoms with E-state index in [9.17, 15) is 14.9 Å². The van der Waals surface area contributed by atoms with E-state index in [-0.39, 0.29) is 23.8 Å². The molecule has 0 aliphatic heterocycles. The maximum absolute atomic E-state index is 12.5. The third-order valence-electron chi connectivity index (χ3n) is 5.90. The first-order valence-corrected chi connectivity index (χ1v) is 10.7. The smallest absolute Gasteiger partial charge is 0.271 e. The molecule has 1 atom stereocenters. The summed E-state index contributed by atoms with van der Waals surface area (Å²) in [5, 5.41) is 16.9. The van der Waals surface area contributed by atoms with Crippen LogP contribution in [0.4, 0.5) is 17.1 Å². The van der Waals surface area contributed by atoms with E-state index in [1.807, 2.05) is 18.2 Å². The van der Waals surface area contributed by atoms with Crippen molar-refractivity contribution in [3.63, 3.8) is 0 Å². The van der Waals surface area contributed by atoms with Crippen molar-refractivity contribution in [3.05, 3.63) is 58.1 Å². The molecule has 3 rings (SSSR count). The summed E-state index contributed by atoms with van der Waals surface area (Å²) in [5.41, 5.74) is 2.27. The van der Waals surface area contributed by atoms with E-state index < -0.39 is 4.92 Å². The first-order valence-electron chi connectivity index (χ1n) is 10.7. The Kier molecular flexibility index (Phi) is 7.83. The van der Waals surface area contributed by atoms with Gasteiger partial charge in [-0.3, -0.25) is 14.9 Å². The number of hydrogen-bond acceptors (Lipinski definition) is 5. The lowest BCUT2D eigenvalue weighted by Crippen LogP contribution is -3.11. The quantitative estimate of drug-likeness (QED) is 0.422. The highest BCUT2D eigenvalue weighted by molar-refractivity contribution is 5.95. The van der Waals surface area contributed by atoms with Crippen LogP contribution in [0.1, 0.15) is 37.7 Å². The van der Waals surface area contributed by atoms with Gasteiger partial charge in [-0.1, -0.05) is 24.6 Å². The number of nitrogens with one attached hydrogen (secondary N) is 3. The minimum Gasteiger partial charge on any atom is -0.495 e. The van der Waals surface area contributed by atoms with Crippen molar-refractivity contribution in [2.45, 2.75) is 44.7 Å². The molecule has 1 fully saturated rings. The summed E-state index contributed by atoms with van der Waals surface area (Å²) in [6.07, 6.45) is 6.50. The van der Waals surface area contributed by atoms with Gasteiger partial charge in [0, 0.05) is 23.4 Å². The Balaban J connectivity index is 1.62. The van der Waals surface area contributed by atoms with E-state index in [1.54, 1.807) is 0 Å². The number of hydrogen-bond donors (Lipinski definition) is 3. The number of nitro groups is 1. The Morgan fingerprint density at radius 2 is 1.90 bits per heavy atom. The molecule has 8 nitrogen and oxygen atoms in total. The number of amides is 1. The molecular weight excluding hydrogens is 396 g/mol. The molecule has 3 N–H and O–H groups in total. The van der Waals surface area contributed by atoms with Gasteiger partial charge in [0.15, 0.2) is 0 Å². The number of rotatable bonds is 9. The van der Waals surface area contributed by atoms with Crippen molar-refractivity contribution >= 4 is 23.0 Å². The third kappa shape index (κ3) is 6.18. The highest BCUT2D eigenvalue weighted by atomic mass is 16.6. The van der Waals surface area contributed by atoms with Crippen LogP contribution in [0.15, 0.2) is 42.5 Å². The first-order chi connectivity index (χ1) is 15.0. The van der Waals surface area contributed by atoms with Crippen LogP contribution in [0.5, 0.6) is 5.75 Å². The van der Waals surface area contributed by atoms with Gasteiger partial charge in [-0.05, 0) is 37.8 Å². The monoisotopic (exact) mass is 427 g/mol. The number of para-hydroxylation sites is 1. The molecule has 2 aromatic carbocycles. The van der Waals surface area contributed by atoms with Gasteiger partial charge in [-0.2, -0.15) is 0 Å². The van der Waals surface area contributed by atoms with Crippen molar-refractivity contribution in [2.24, 2.45) is 0 Å². The summed E-state index contributed by atoms with van der Waals surface area (Å²) in [6, 6.07) is 12.8. The van der Waals surface area contributed by atoms with E-state index in [0.29, 0.717) is 11.8 Å². The van der Waals surface area contributed by atoms with Crippen LogP contribution < -0.4 is 20.3 Å². The number of methoxy groups -OCH3 is 1. The second-order valence-electron chi connectivity index (χ2n) is 8.06. The van der Waals surface area contributed by atoms with Crippen molar-refractivity contribution in [1.82, 2.24) is 0 Å². The number of ether oxygens (including phenoxy) is 1. The number of anilines is 2. The minimum atomic E-state index is -0.505. The molecule has 0 spiro atoms. The molecule has 31 heavy (non-hydrogen) atoms. The zero-order chi connectivity index (χ0) is 22.2. The maximum atomic E-state index is 12.5. The Morgan fingerprint density at radius 1 is 1.16 bits per heavy atom. The lowest BCUT2D eigenvalue weighted by molar-refractivity contribution is -0.921. The largest absolute Gasteiger partial charge is 0.495 e. The number of benzene rings is 2. The summed E-state index contributed by atoms with van der Waals surface area (Å²) in [7, 11) is 3.70. The highest BCUT2D eigenvalue weighted by Gasteiger charge is 2.22. The second kappa shape index (κ2) is 10.8. The molecular formula is C23H31N4O4+. The molecule has 0 saturated heterocycles. The molecule has 166 valence electrons. The molecule has 0 heterocycles. The molecule has 8 heteroatoms. The summed E-state index contributed by atoms with van der Waals surface area (Å²) in [6.45, 7) is 0.944. The van der Waals surface area contributed by atoms with Crippen LogP contribution >= 0.6 is 0 Å². The number of carbonyl (C=O) groups is 1. The van der Waals surface area contributed by atoms with Crippen LogP contribution in [0.25, 0.3) is 0 Å². The van der Waals surface area contributed by atoms with E-state index in [0.717, 1.165) is 12.2 Å². The molecule has 1 saturated carbocycles. The molecule has 1 aliphatic carbocycles. The molecule has 1 amide bonds. The van der Waals surface area contributed by atoms with E-state index in [2.05, 4.69) is 23.7 Å². The van der Waals surface area contributed by atoms with Gasteiger partial charge in [0.1, 0.15) is 12.3 Å². The van der Waals surface area contributed by atoms with Crippen LogP contribution in [-0.4, -0.2) is 37.6 Å². The topological polar surface area (TPSA) is 97.9 Å². The predicted octanol–water partition coefficient (Wildman–Crippen LogP) is 3.00. The van der Waals surface area contributed by atoms with Gasteiger partial charge in [0.25, 0.3) is 5.69 Å². The standard InChI is InChI=1S/C23H30N4O4/c1-26(18-9-4-3-5-10-18)16-17-8-6-7-11-20(17)24-15-23(28)25-21-14-19(27(29)30)12-13-22(21)31-2/h6-8,11-14,18,24H,3-5,9-10,15-16H2,1-2H3,(H,25,28)/p+1. The Bertz CT molecular complexity index is 912. The van der Waals surface area contributed by atoms with Gasteiger partial charge in [0.05, 0.1) is 37.4 Å². The van der Waals surface area contributed by atoms with Gasteiger partial charge < -0.3 is 20.3 Å². The lowest BCUT2D eigenvalue weighted by Gasteiger charge is -2.28. The van der Waals surface area contributed by atoms with Crippen molar-refractivity contribution in [2.75, 3.05) is 31.3 Å². The summed E-state index contributed by atoms with van der Waals surface area (Å²) in [5.74, 6) is 0.0682. The second-order valence-corrected chi connectivity index (χ2v) is 8.06. The SMILES string of the molecule is COc1ccc([N+](=O)[O-])cc1NC(=O)CNc1ccccc1C[NH+](C)C1CCCCC1. The normalized spacial score (nSPS) is 15.2. The Hall–Kier alpha value is -3.13. The minimum absolute atomic E-state index is 0.0470. The third-order valence-corrected chi connectivity index (χ3v) is 5.90. The molecule has 0 aromatic heterocycles. The number of quaternary nitrogens is 1. The number of nitro benzene ring substituents is 1. The van der Waals surface area contributed by atoms with Crippen LogP contribution in [0.2, 0.25) is 0 Å². The van der Waals surface area contributed by atoms with Gasteiger partial charge in [-0.15, -0.1) is 0 Å². The fourth-order valence-corrected chi connectivity index (χ4v) is 4.16. The van der Waals surface area contributed by atoms with Gasteiger partial charge in [-0.25, -0.2) is 0 Å². The van der Waals surface area contributed by atoms with Crippen molar-refractivity contribution < 1.29 is 19.4 Å². The van der Waals surface area contributed by atoms with Crippen molar-refractivity contribution in [1.29, 1.82) is 0 Å². The molecule has 1 unspecified atom stereocenters. The van der Waals surface area contributed by atoms with Crippen molar-refractivity contribution in [3.8, 4) is 5.75 Å². The number of non-ortho nitro benzene ring substituents is 1. The fourth-order valence-electron chi connectivity index (χ4n) is 4.16. The number of carbonyl (C=O) groups excluding carboxylic acids is 1. The van der Waals surface area contributed by atoms with Gasteiger partial charge >= 0.3 is 0 Å². The maximum Gasteiger partial charge on any atom is 0.271 e. The van der Waals surface area contributed by atoms with E-state index in [1.165, 1.54) is 67.9 Å². The summed E-state index contributed by atoms with van der Waals surface area (Å²) < 4.78 is 5.20. The first kappa shape index (κ1) is 22.6. The average Bonchev–Trinajstić information content (AvgIpc) is 2.79. The molecule has 0 radical (unpaired) electrons. The number of nitrogens with zero attached hydrogens (tertiary/aromatic N) is 1. The molecule has 2 aromatic rings. The predicted molar refractivity (Wildman–Crippen MR) is 121 cm³/mol. The van der Waals surface area contributed by atoms with Crippen LogP contribution in [-0.2, 0) is 11.3 Å². The fraction of sp³-hybridized carbons (Fsp3) is 0.435. The molecule has 1 aliphatic rings. The van der Waals surface area contributed by atoms with Crippen LogP contribution in [0.3, 0.4) is 0 Å². The van der Waals surface area contributed by atoms with E-state index >= 15 is 0 Å². The van der Waals surface area contributed by atoms with Gasteiger partial charge in [0.2, 0.25) is 5.91 Å². The highest BCUT2D eigenvalue weighted by Crippen LogP contribution is 2.28. The van der Waals surface area contributed by atoms with E-state index in [4.69, 9.17) is 4.74 Å². The summed E-state index contributed by atoms with van der Waals surface area (Å²) >= 11 is 0. The average molecular weight is 428 g/mol. The summed E-state index contributed by atoms with van der Waals surface area (Å²) in [4.78, 5) is 24.5. The zero-order valence-electron chi connectivity index (χ0n) is 18.1. The Morgan fingerprint density at radius 3 is 2.61 bits per heavy atom. The Labute approximate surface area is 182 Å². The lowest BCUT2D eigenvalue weighted by atomic mass is 9.94. The molecule has 0 bridgehead atoms. The zero-order valence-corrected chi connectivity index (χ0v) is 18.1. The van der Waals surface area contributed by atoms with Crippen LogP contribution in [0, 0.1) is 10.1 Å².